The Balaban J connectivity index is 1.81. The highest BCUT2D eigenvalue weighted by molar-refractivity contribution is 5.76. The molecule has 1 N–H and O–H groups in total. The first kappa shape index (κ1) is 11.9. The predicted molar refractivity (Wildman–Crippen MR) is 65.2 cm³/mol. The summed E-state index contributed by atoms with van der Waals surface area (Å²) in [6.07, 6.45) is 4.33. The van der Waals surface area contributed by atoms with Crippen molar-refractivity contribution in [3.05, 3.63) is 0 Å². The van der Waals surface area contributed by atoms with Gasteiger partial charge in [0.2, 0.25) is 5.91 Å². The van der Waals surface area contributed by atoms with E-state index >= 15 is 0 Å². The molecule has 0 radical (unpaired) electrons. The molecule has 0 saturated carbocycles. The Kier molecular flexibility index (Phi) is 3.53. The summed E-state index contributed by atoms with van der Waals surface area (Å²) in [4.78, 5) is 14.2. The number of amides is 1. The quantitative estimate of drug-likeness (QED) is 0.773. The zero-order chi connectivity index (χ0) is 11.6. The minimum Gasteiger partial charge on any atom is -0.343 e. The van der Waals surface area contributed by atoms with Crippen LogP contribution in [0.1, 0.15) is 39.5 Å². The second kappa shape index (κ2) is 4.74. The van der Waals surface area contributed by atoms with E-state index in [1.165, 1.54) is 12.8 Å². The van der Waals surface area contributed by atoms with Crippen LogP contribution in [-0.2, 0) is 4.79 Å². The molecule has 92 valence electrons. The summed E-state index contributed by atoms with van der Waals surface area (Å²) >= 11 is 0. The molecular weight excluding hydrogens is 200 g/mol. The smallest absolute Gasteiger partial charge is 0.222 e. The lowest BCUT2D eigenvalue weighted by molar-refractivity contribution is -0.132. The molecule has 3 heteroatoms. The Labute approximate surface area is 98.6 Å². The molecule has 0 aromatic heterocycles. The van der Waals surface area contributed by atoms with E-state index in [1.807, 2.05) is 0 Å². The number of hydrogen-bond donors (Lipinski definition) is 1. The molecule has 2 aliphatic heterocycles. The van der Waals surface area contributed by atoms with Gasteiger partial charge in [0.25, 0.3) is 0 Å². The zero-order valence-corrected chi connectivity index (χ0v) is 10.6. The Morgan fingerprint density at radius 3 is 2.69 bits per heavy atom. The van der Waals surface area contributed by atoms with Crippen LogP contribution in [0.5, 0.6) is 0 Å². The van der Waals surface area contributed by atoms with Gasteiger partial charge in [-0.2, -0.15) is 0 Å². The third kappa shape index (κ3) is 2.97. The first-order valence-electron chi connectivity index (χ1n) is 6.55. The van der Waals surface area contributed by atoms with E-state index in [1.54, 1.807) is 0 Å². The van der Waals surface area contributed by atoms with Gasteiger partial charge in [-0.25, -0.2) is 0 Å². The number of carbonyl (C=O) groups is 1. The van der Waals surface area contributed by atoms with Crippen molar-refractivity contribution in [2.24, 2.45) is 11.3 Å². The first-order valence-corrected chi connectivity index (χ1v) is 6.55. The first-order chi connectivity index (χ1) is 7.57. The molecule has 0 aromatic carbocycles. The van der Waals surface area contributed by atoms with Crippen molar-refractivity contribution >= 4 is 5.91 Å². The third-order valence-electron chi connectivity index (χ3n) is 4.02. The van der Waals surface area contributed by atoms with Crippen LogP contribution in [0, 0.1) is 11.3 Å². The van der Waals surface area contributed by atoms with E-state index in [0.29, 0.717) is 17.2 Å². The van der Waals surface area contributed by atoms with Crippen LogP contribution < -0.4 is 5.32 Å². The van der Waals surface area contributed by atoms with Gasteiger partial charge in [-0.05, 0) is 43.7 Å². The van der Waals surface area contributed by atoms with Crippen molar-refractivity contribution in [2.45, 2.75) is 39.5 Å². The standard InChI is InChI=1S/C13H24N2O/c1-13(2)4-3-6-15(7-5-13)12(16)8-11-9-14-10-11/h11,14H,3-10H2,1-2H3. The Morgan fingerprint density at radius 2 is 2.06 bits per heavy atom. The highest BCUT2D eigenvalue weighted by atomic mass is 16.2. The minimum absolute atomic E-state index is 0.379. The third-order valence-corrected chi connectivity index (χ3v) is 4.02. The van der Waals surface area contributed by atoms with Gasteiger partial charge in [0.1, 0.15) is 0 Å². The molecule has 16 heavy (non-hydrogen) atoms. The van der Waals surface area contributed by atoms with Crippen LogP contribution in [0.25, 0.3) is 0 Å². The van der Waals surface area contributed by atoms with Crippen LogP contribution in [0.3, 0.4) is 0 Å². The van der Waals surface area contributed by atoms with Crippen LogP contribution in [0.15, 0.2) is 0 Å². The van der Waals surface area contributed by atoms with E-state index in [-0.39, 0.29) is 0 Å². The Hall–Kier alpha value is -0.570. The van der Waals surface area contributed by atoms with Crippen molar-refractivity contribution < 1.29 is 4.79 Å². The second-order valence-electron chi connectivity index (χ2n) is 6.13. The molecule has 2 fully saturated rings. The summed E-state index contributed by atoms with van der Waals surface area (Å²) in [6, 6.07) is 0. The molecule has 0 unspecified atom stereocenters. The van der Waals surface area contributed by atoms with Crippen molar-refractivity contribution in [3.8, 4) is 0 Å². The maximum Gasteiger partial charge on any atom is 0.222 e. The van der Waals surface area contributed by atoms with Crippen LogP contribution >= 0.6 is 0 Å². The van der Waals surface area contributed by atoms with Crippen LogP contribution in [-0.4, -0.2) is 37.0 Å². The van der Waals surface area contributed by atoms with Crippen molar-refractivity contribution in [2.75, 3.05) is 26.2 Å². The van der Waals surface area contributed by atoms with Gasteiger partial charge in [0.05, 0.1) is 0 Å². The van der Waals surface area contributed by atoms with Crippen molar-refractivity contribution in [1.29, 1.82) is 0 Å². The maximum atomic E-state index is 12.1. The molecule has 2 rings (SSSR count). The average molecular weight is 224 g/mol. The van der Waals surface area contributed by atoms with E-state index in [0.717, 1.165) is 39.0 Å². The number of likely N-dealkylation sites (tertiary alicyclic amines) is 1. The molecule has 0 bridgehead atoms. The molecule has 2 saturated heterocycles. The largest absolute Gasteiger partial charge is 0.343 e. The number of rotatable bonds is 2. The molecule has 2 aliphatic rings. The highest BCUT2D eigenvalue weighted by Crippen LogP contribution is 2.30. The van der Waals surface area contributed by atoms with E-state index in [9.17, 15) is 4.79 Å². The monoisotopic (exact) mass is 224 g/mol. The molecule has 3 nitrogen and oxygen atoms in total. The number of carbonyl (C=O) groups excluding carboxylic acids is 1. The highest BCUT2D eigenvalue weighted by Gasteiger charge is 2.27. The maximum absolute atomic E-state index is 12.1. The SMILES string of the molecule is CC1(C)CCCN(C(=O)CC2CNC2)CC1. The normalized spacial score (nSPS) is 26.0. The van der Waals surface area contributed by atoms with Crippen LogP contribution in [0.2, 0.25) is 0 Å². The fourth-order valence-electron chi connectivity index (χ4n) is 2.54. The summed E-state index contributed by atoms with van der Waals surface area (Å²) in [5, 5.41) is 3.22. The summed E-state index contributed by atoms with van der Waals surface area (Å²) in [6.45, 7) is 8.64. The van der Waals surface area contributed by atoms with Crippen molar-refractivity contribution in [3.63, 3.8) is 0 Å². The fourth-order valence-corrected chi connectivity index (χ4v) is 2.54. The van der Waals surface area contributed by atoms with E-state index in [4.69, 9.17) is 0 Å². The summed E-state index contributed by atoms with van der Waals surface area (Å²) in [5.41, 5.74) is 0.424. The molecular formula is C13H24N2O. The number of hydrogen-bond acceptors (Lipinski definition) is 2. The predicted octanol–water partition coefficient (Wildman–Crippen LogP) is 1.63. The summed E-state index contributed by atoms with van der Waals surface area (Å²) < 4.78 is 0. The number of nitrogens with one attached hydrogen (secondary N) is 1. The van der Waals surface area contributed by atoms with Gasteiger partial charge >= 0.3 is 0 Å². The van der Waals surface area contributed by atoms with Crippen LogP contribution in [0.4, 0.5) is 0 Å². The molecule has 2 heterocycles. The second-order valence-corrected chi connectivity index (χ2v) is 6.13. The van der Waals surface area contributed by atoms with Gasteiger partial charge in [0, 0.05) is 19.5 Å². The van der Waals surface area contributed by atoms with E-state index < -0.39 is 0 Å². The Bertz CT molecular complexity index is 259. The molecule has 0 aliphatic carbocycles. The molecule has 0 aromatic rings. The lowest BCUT2D eigenvalue weighted by Gasteiger charge is -2.29. The van der Waals surface area contributed by atoms with E-state index in [2.05, 4.69) is 24.1 Å². The van der Waals surface area contributed by atoms with Crippen molar-refractivity contribution in [1.82, 2.24) is 10.2 Å². The molecule has 1 amide bonds. The number of nitrogens with zero attached hydrogens (tertiary/aromatic N) is 1. The average Bonchev–Trinajstić information content (AvgIpc) is 2.33. The topological polar surface area (TPSA) is 32.3 Å². The summed E-state index contributed by atoms with van der Waals surface area (Å²) in [7, 11) is 0. The molecule has 0 spiro atoms. The summed E-state index contributed by atoms with van der Waals surface area (Å²) in [5.74, 6) is 0.980. The molecule has 0 atom stereocenters. The zero-order valence-electron chi connectivity index (χ0n) is 10.6. The Morgan fingerprint density at radius 1 is 1.31 bits per heavy atom. The van der Waals surface area contributed by atoms with Gasteiger partial charge in [-0.1, -0.05) is 13.8 Å². The van der Waals surface area contributed by atoms with Gasteiger partial charge in [0.15, 0.2) is 0 Å². The van der Waals surface area contributed by atoms with Gasteiger partial charge in [-0.15, -0.1) is 0 Å². The lowest BCUT2D eigenvalue weighted by atomic mass is 9.85. The lowest BCUT2D eigenvalue weighted by Crippen LogP contribution is -2.45. The fraction of sp³-hybridized carbons (Fsp3) is 0.923. The van der Waals surface area contributed by atoms with Gasteiger partial charge in [-0.3, -0.25) is 4.79 Å². The van der Waals surface area contributed by atoms with Gasteiger partial charge < -0.3 is 10.2 Å². The minimum atomic E-state index is 0.379.